The molecule has 1 aromatic rings. The van der Waals surface area contributed by atoms with Gasteiger partial charge in [-0.25, -0.2) is 0 Å². The molecule has 0 radical (unpaired) electrons. The quantitative estimate of drug-likeness (QED) is 0.751. The van der Waals surface area contributed by atoms with Crippen LogP contribution in [-0.2, 0) is 11.2 Å². The van der Waals surface area contributed by atoms with E-state index in [4.69, 9.17) is 0 Å². The largest absolute Gasteiger partial charge is 0.388 e. The molecule has 0 aliphatic heterocycles. The van der Waals surface area contributed by atoms with E-state index in [2.05, 4.69) is 20.0 Å². The summed E-state index contributed by atoms with van der Waals surface area (Å²) in [7, 11) is 0. The Bertz CT molecular complexity index is 343. The minimum Gasteiger partial charge on any atom is -0.388 e. The van der Waals surface area contributed by atoms with Gasteiger partial charge in [-0.05, 0) is 6.42 Å². The number of hydrogen-bond acceptors (Lipinski definition) is 5. The van der Waals surface area contributed by atoms with Gasteiger partial charge in [0.2, 0.25) is 6.39 Å². The van der Waals surface area contributed by atoms with Gasteiger partial charge in [0.15, 0.2) is 11.6 Å². The number of aromatic nitrogens is 2. The van der Waals surface area contributed by atoms with Gasteiger partial charge in [-0.3, -0.25) is 4.79 Å². The van der Waals surface area contributed by atoms with Gasteiger partial charge < -0.3 is 9.84 Å². The van der Waals surface area contributed by atoms with Crippen molar-refractivity contribution in [2.75, 3.05) is 6.54 Å². The Balaban J connectivity index is 1.73. The lowest BCUT2D eigenvalue weighted by molar-refractivity contribution is -0.114. The molecule has 0 unspecified atom stereocenters. The van der Waals surface area contributed by atoms with Crippen molar-refractivity contribution in [3.63, 3.8) is 0 Å². The highest BCUT2D eigenvalue weighted by molar-refractivity contribution is 5.92. The fraction of sp³-hybridized carbons (Fsp3) is 0.444. The topological polar surface area (TPSA) is 68.0 Å². The Morgan fingerprint density at radius 3 is 3.07 bits per heavy atom. The van der Waals surface area contributed by atoms with E-state index < -0.39 is 0 Å². The lowest BCUT2D eigenvalue weighted by Crippen LogP contribution is -2.15. The number of carbonyl (C=O) groups excluding carboxylic acids is 1. The predicted molar refractivity (Wildman–Crippen MR) is 48.3 cm³/mol. The highest BCUT2D eigenvalue weighted by Gasteiger charge is 2.10. The van der Waals surface area contributed by atoms with E-state index in [9.17, 15) is 4.79 Å². The van der Waals surface area contributed by atoms with E-state index in [1.54, 1.807) is 6.08 Å². The summed E-state index contributed by atoms with van der Waals surface area (Å²) in [5.41, 5.74) is 1.01. The molecule has 5 nitrogen and oxygen atoms in total. The number of carbonyl (C=O) groups is 1. The molecule has 1 aliphatic rings. The molecule has 1 aromatic heterocycles. The summed E-state index contributed by atoms with van der Waals surface area (Å²) in [6.45, 7) is 0.735. The van der Waals surface area contributed by atoms with Crippen molar-refractivity contribution in [2.45, 2.75) is 19.3 Å². The summed E-state index contributed by atoms with van der Waals surface area (Å²) >= 11 is 0. The summed E-state index contributed by atoms with van der Waals surface area (Å²) < 4.78 is 4.60. The van der Waals surface area contributed by atoms with Gasteiger partial charge in [-0.15, -0.1) is 0 Å². The minimum atomic E-state index is 0.201. The zero-order valence-electron chi connectivity index (χ0n) is 7.69. The predicted octanol–water partition coefficient (Wildman–Crippen LogP) is 0.448. The molecule has 0 amide bonds. The number of nitrogens with zero attached hydrogens (tertiary/aromatic N) is 2. The highest BCUT2D eigenvalue weighted by atomic mass is 16.5. The van der Waals surface area contributed by atoms with Crippen molar-refractivity contribution in [1.82, 2.24) is 15.5 Å². The van der Waals surface area contributed by atoms with Crippen molar-refractivity contribution >= 4 is 5.78 Å². The van der Waals surface area contributed by atoms with E-state index in [0.717, 1.165) is 18.7 Å². The summed E-state index contributed by atoms with van der Waals surface area (Å²) in [5.74, 6) is 0.884. The maximum absolute atomic E-state index is 10.9. The zero-order valence-corrected chi connectivity index (χ0v) is 7.69. The van der Waals surface area contributed by atoms with Gasteiger partial charge in [-0.1, -0.05) is 5.16 Å². The maximum atomic E-state index is 10.9. The Hall–Kier alpha value is -1.65. The number of ketones is 1. The smallest absolute Gasteiger partial charge is 0.213 e. The van der Waals surface area contributed by atoms with E-state index >= 15 is 0 Å². The first-order chi connectivity index (χ1) is 6.84. The summed E-state index contributed by atoms with van der Waals surface area (Å²) in [6.07, 6.45) is 5.14. The first-order valence-corrected chi connectivity index (χ1v) is 4.57. The number of allylic oxidation sites excluding steroid dienone is 2. The van der Waals surface area contributed by atoms with E-state index in [1.165, 1.54) is 6.39 Å². The van der Waals surface area contributed by atoms with Crippen LogP contribution in [0.4, 0.5) is 0 Å². The van der Waals surface area contributed by atoms with Crippen LogP contribution in [0.5, 0.6) is 0 Å². The highest BCUT2D eigenvalue weighted by Crippen LogP contribution is 2.11. The molecule has 0 saturated heterocycles. The van der Waals surface area contributed by atoms with Crippen molar-refractivity contribution in [3.05, 3.63) is 24.0 Å². The van der Waals surface area contributed by atoms with Gasteiger partial charge in [0.25, 0.3) is 0 Å². The van der Waals surface area contributed by atoms with Crippen LogP contribution in [0.15, 0.2) is 22.7 Å². The number of nitrogens with one attached hydrogen (secondary N) is 1. The van der Waals surface area contributed by atoms with E-state index in [-0.39, 0.29) is 5.78 Å². The van der Waals surface area contributed by atoms with Crippen LogP contribution in [0.1, 0.15) is 18.7 Å². The molecule has 14 heavy (non-hydrogen) atoms. The normalized spacial score (nSPS) is 15.7. The Labute approximate surface area is 81.2 Å². The Morgan fingerprint density at radius 1 is 1.50 bits per heavy atom. The average Bonchev–Trinajstić information content (AvgIpc) is 2.77. The second-order valence-electron chi connectivity index (χ2n) is 3.16. The van der Waals surface area contributed by atoms with Crippen LogP contribution in [0.3, 0.4) is 0 Å². The van der Waals surface area contributed by atoms with Crippen molar-refractivity contribution in [1.29, 1.82) is 0 Å². The third-order valence-corrected chi connectivity index (χ3v) is 2.08. The molecule has 2 rings (SSSR count). The average molecular weight is 193 g/mol. The summed E-state index contributed by atoms with van der Waals surface area (Å²) in [4.78, 5) is 14.8. The third kappa shape index (κ3) is 2.18. The summed E-state index contributed by atoms with van der Waals surface area (Å²) in [6, 6.07) is 0. The van der Waals surface area contributed by atoms with Gasteiger partial charge in [0, 0.05) is 31.2 Å². The first-order valence-electron chi connectivity index (χ1n) is 4.57. The SMILES string of the molecule is O=C1C=C(NCCc2ncon2)CC1. The molecule has 1 aliphatic carbocycles. The summed E-state index contributed by atoms with van der Waals surface area (Å²) in [5, 5.41) is 6.85. The molecule has 0 atom stereocenters. The van der Waals surface area contributed by atoms with Crippen LogP contribution < -0.4 is 5.32 Å². The van der Waals surface area contributed by atoms with Crippen LogP contribution in [-0.4, -0.2) is 22.5 Å². The Morgan fingerprint density at radius 2 is 2.43 bits per heavy atom. The molecule has 0 fully saturated rings. The minimum absolute atomic E-state index is 0.201. The first kappa shape index (κ1) is 8.93. The molecule has 74 valence electrons. The van der Waals surface area contributed by atoms with E-state index in [1.807, 2.05) is 0 Å². The number of hydrogen-bond donors (Lipinski definition) is 1. The second-order valence-corrected chi connectivity index (χ2v) is 3.16. The van der Waals surface area contributed by atoms with Crippen LogP contribution in [0.2, 0.25) is 0 Å². The maximum Gasteiger partial charge on any atom is 0.213 e. The lowest BCUT2D eigenvalue weighted by Gasteiger charge is -2.03. The van der Waals surface area contributed by atoms with Crippen molar-refractivity contribution in [3.8, 4) is 0 Å². The van der Waals surface area contributed by atoms with Crippen LogP contribution >= 0.6 is 0 Å². The van der Waals surface area contributed by atoms with Crippen molar-refractivity contribution in [2.24, 2.45) is 0 Å². The lowest BCUT2D eigenvalue weighted by atomic mass is 10.3. The molecule has 5 heteroatoms. The van der Waals surface area contributed by atoms with Crippen LogP contribution in [0, 0.1) is 0 Å². The number of rotatable bonds is 4. The molecule has 0 saturated carbocycles. The molecule has 1 N–H and O–H groups in total. The third-order valence-electron chi connectivity index (χ3n) is 2.08. The van der Waals surface area contributed by atoms with Crippen molar-refractivity contribution < 1.29 is 9.32 Å². The van der Waals surface area contributed by atoms with Gasteiger partial charge in [0.05, 0.1) is 0 Å². The standard InChI is InChI=1S/C9H11N3O2/c13-8-2-1-7(5-8)10-4-3-9-11-6-14-12-9/h5-6,10H,1-4H2. The molecular weight excluding hydrogens is 182 g/mol. The molecule has 0 spiro atoms. The fourth-order valence-corrected chi connectivity index (χ4v) is 1.37. The van der Waals surface area contributed by atoms with Gasteiger partial charge >= 0.3 is 0 Å². The van der Waals surface area contributed by atoms with Crippen LogP contribution in [0.25, 0.3) is 0 Å². The monoisotopic (exact) mass is 193 g/mol. The molecule has 1 heterocycles. The van der Waals surface area contributed by atoms with E-state index in [0.29, 0.717) is 18.7 Å². The fourth-order valence-electron chi connectivity index (χ4n) is 1.37. The van der Waals surface area contributed by atoms with Gasteiger partial charge in [-0.2, -0.15) is 4.98 Å². The second kappa shape index (κ2) is 4.04. The molecular formula is C9H11N3O2. The van der Waals surface area contributed by atoms with Gasteiger partial charge in [0.1, 0.15) is 0 Å². The Kier molecular flexibility index (Phi) is 2.58. The zero-order chi connectivity index (χ0) is 9.80. The molecule has 0 bridgehead atoms. The molecule has 0 aromatic carbocycles.